The van der Waals surface area contributed by atoms with Gasteiger partial charge in [0.2, 0.25) is 17.7 Å². The third-order valence-electron chi connectivity index (χ3n) is 3.72. The Kier molecular flexibility index (Phi) is 5.00. The van der Waals surface area contributed by atoms with E-state index in [9.17, 15) is 13.6 Å². The molecular formula is C17H17F2N3O2. The highest BCUT2D eigenvalue weighted by atomic mass is 19.1. The topological polar surface area (TPSA) is 54.5 Å². The number of carbonyl (C=O) groups is 1. The van der Waals surface area contributed by atoms with Crippen LogP contribution in [0, 0.1) is 11.8 Å². The summed E-state index contributed by atoms with van der Waals surface area (Å²) in [6, 6.07) is 10.4. The maximum Gasteiger partial charge on any atom is 0.238 e. The van der Waals surface area contributed by atoms with Gasteiger partial charge in [0.25, 0.3) is 0 Å². The summed E-state index contributed by atoms with van der Waals surface area (Å²) in [6.07, 6.45) is 0.561. The Morgan fingerprint density at radius 3 is 2.88 bits per heavy atom. The Bertz CT molecular complexity index is 726. The van der Waals surface area contributed by atoms with Gasteiger partial charge in [-0.25, -0.2) is 4.39 Å². The highest BCUT2D eigenvalue weighted by molar-refractivity contribution is 5.92. The molecule has 1 amide bonds. The number of para-hydroxylation sites is 1. The Morgan fingerprint density at radius 2 is 2.08 bits per heavy atom. The van der Waals surface area contributed by atoms with Crippen molar-refractivity contribution in [3.05, 3.63) is 54.2 Å². The Balaban J connectivity index is 1.49. The van der Waals surface area contributed by atoms with Crippen molar-refractivity contribution in [2.45, 2.75) is 12.5 Å². The smallest absolute Gasteiger partial charge is 0.238 e. The van der Waals surface area contributed by atoms with Gasteiger partial charge in [0.05, 0.1) is 12.2 Å². The maximum absolute atomic E-state index is 13.5. The van der Waals surface area contributed by atoms with E-state index in [1.54, 1.807) is 18.2 Å². The van der Waals surface area contributed by atoms with E-state index in [-0.39, 0.29) is 30.1 Å². The number of nitrogens with one attached hydrogen (secondary N) is 1. The third-order valence-corrected chi connectivity index (χ3v) is 3.72. The lowest BCUT2D eigenvalue weighted by atomic mass is 10.3. The molecule has 5 nitrogen and oxygen atoms in total. The van der Waals surface area contributed by atoms with Crippen molar-refractivity contribution in [2.24, 2.45) is 0 Å². The van der Waals surface area contributed by atoms with Gasteiger partial charge in [-0.3, -0.25) is 9.69 Å². The molecule has 1 aliphatic rings. The first-order valence-corrected chi connectivity index (χ1v) is 7.66. The molecule has 24 heavy (non-hydrogen) atoms. The van der Waals surface area contributed by atoms with Crippen LogP contribution in [0.1, 0.15) is 6.42 Å². The highest BCUT2D eigenvalue weighted by Crippen LogP contribution is 2.17. The van der Waals surface area contributed by atoms with Crippen LogP contribution in [-0.2, 0) is 4.79 Å². The van der Waals surface area contributed by atoms with E-state index in [4.69, 9.17) is 4.74 Å². The summed E-state index contributed by atoms with van der Waals surface area (Å²) >= 11 is 0. The first kappa shape index (κ1) is 16.3. The highest BCUT2D eigenvalue weighted by Gasteiger charge is 2.26. The molecule has 0 radical (unpaired) electrons. The number of likely N-dealkylation sites (tertiary alicyclic amines) is 1. The normalized spacial score (nSPS) is 17.7. The number of anilines is 1. The molecule has 3 rings (SSSR count). The fourth-order valence-electron chi connectivity index (χ4n) is 2.62. The zero-order valence-electron chi connectivity index (χ0n) is 12.9. The second-order valence-corrected chi connectivity index (χ2v) is 5.59. The largest absolute Gasteiger partial charge is 0.473 e. The standard InChI is InChI=1S/C17H17F2N3O2/c18-13-4-1-2-5-14(13)20-16(23)11-22-9-8-12(10-22)24-17-7-3-6-15(19)21-17/h1-7,12H,8-11H2,(H,20,23). The molecule has 1 aromatic heterocycles. The predicted octanol–water partition coefficient (Wildman–Crippen LogP) is 2.45. The summed E-state index contributed by atoms with van der Waals surface area (Å²) in [5.74, 6) is -1.11. The van der Waals surface area contributed by atoms with Gasteiger partial charge in [0.1, 0.15) is 11.9 Å². The van der Waals surface area contributed by atoms with Crippen LogP contribution in [0.3, 0.4) is 0 Å². The Labute approximate surface area is 138 Å². The van der Waals surface area contributed by atoms with E-state index >= 15 is 0 Å². The molecule has 1 atom stereocenters. The van der Waals surface area contributed by atoms with Gasteiger partial charge in [-0.05, 0) is 24.6 Å². The summed E-state index contributed by atoms with van der Waals surface area (Å²) < 4.78 is 32.2. The quantitative estimate of drug-likeness (QED) is 0.854. The number of carbonyl (C=O) groups excluding carboxylic acids is 1. The average molecular weight is 333 g/mol. The van der Waals surface area contributed by atoms with E-state index in [0.717, 1.165) is 0 Å². The second kappa shape index (κ2) is 7.35. The van der Waals surface area contributed by atoms with E-state index in [1.807, 2.05) is 4.90 Å². The molecule has 126 valence electrons. The van der Waals surface area contributed by atoms with Gasteiger partial charge in [-0.15, -0.1) is 0 Å². The van der Waals surface area contributed by atoms with Crippen LogP contribution in [0.2, 0.25) is 0 Å². The molecule has 1 saturated heterocycles. The molecule has 1 fully saturated rings. The van der Waals surface area contributed by atoms with Crippen LogP contribution in [0.4, 0.5) is 14.5 Å². The molecule has 2 heterocycles. The van der Waals surface area contributed by atoms with Crippen LogP contribution < -0.4 is 10.1 Å². The summed E-state index contributed by atoms with van der Waals surface area (Å²) in [5.41, 5.74) is 0.165. The number of benzene rings is 1. The number of amides is 1. The molecule has 2 aromatic rings. The molecule has 1 aliphatic heterocycles. The van der Waals surface area contributed by atoms with Gasteiger partial charge >= 0.3 is 0 Å². The van der Waals surface area contributed by atoms with E-state index in [1.165, 1.54) is 24.3 Å². The lowest BCUT2D eigenvalue weighted by Gasteiger charge is -2.16. The van der Waals surface area contributed by atoms with Gasteiger partial charge in [-0.1, -0.05) is 18.2 Å². The molecular weight excluding hydrogens is 316 g/mol. The zero-order chi connectivity index (χ0) is 16.9. The first-order chi connectivity index (χ1) is 11.6. The summed E-state index contributed by atoms with van der Waals surface area (Å²) in [7, 11) is 0. The number of rotatable bonds is 5. The van der Waals surface area contributed by atoms with Crippen LogP contribution in [-0.4, -0.2) is 41.5 Å². The van der Waals surface area contributed by atoms with Crippen molar-refractivity contribution in [3.8, 4) is 5.88 Å². The van der Waals surface area contributed by atoms with Crippen LogP contribution in [0.5, 0.6) is 5.88 Å². The number of hydrogen-bond acceptors (Lipinski definition) is 4. The minimum absolute atomic E-state index is 0.144. The minimum atomic E-state index is -0.591. The Morgan fingerprint density at radius 1 is 1.25 bits per heavy atom. The lowest BCUT2D eigenvalue weighted by molar-refractivity contribution is -0.117. The molecule has 0 spiro atoms. The van der Waals surface area contributed by atoms with Crippen molar-refractivity contribution in [1.29, 1.82) is 0 Å². The van der Waals surface area contributed by atoms with Crippen LogP contribution >= 0.6 is 0 Å². The fraction of sp³-hybridized carbons (Fsp3) is 0.294. The molecule has 0 saturated carbocycles. The van der Waals surface area contributed by atoms with E-state index < -0.39 is 11.8 Å². The van der Waals surface area contributed by atoms with E-state index in [0.29, 0.717) is 19.5 Å². The number of halogens is 2. The van der Waals surface area contributed by atoms with Gasteiger partial charge < -0.3 is 10.1 Å². The SMILES string of the molecule is O=C(CN1CCC(Oc2cccc(F)n2)C1)Nc1ccccc1F. The average Bonchev–Trinajstić information content (AvgIpc) is 2.96. The van der Waals surface area contributed by atoms with Gasteiger partial charge in [0.15, 0.2) is 0 Å². The third kappa shape index (κ3) is 4.26. The number of aromatic nitrogens is 1. The molecule has 0 bridgehead atoms. The summed E-state index contributed by atoms with van der Waals surface area (Å²) in [5, 5.41) is 2.55. The lowest BCUT2D eigenvalue weighted by Crippen LogP contribution is -2.33. The predicted molar refractivity (Wildman–Crippen MR) is 84.7 cm³/mol. The van der Waals surface area contributed by atoms with Crippen molar-refractivity contribution in [1.82, 2.24) is 9.88 Å². The first-order valence-electron chi connectivity index (χ1n) is 7.66. The number of nitrogens with zero attached hydrogens (tertiary/aromatic N) is 2. The summed E-state index contributed by atoms with van der Waals surface area (Å²) in [4.78, 5) is 17.6. The minimum Gasteiger partial charge on any atom is -0.473 e. The molecule has 1 aromatic carbocycles. The fourth-order valence-corrected chi connectivity index (χ4v) is 2.62. The molecule has 7 heteroatoms. The van der Waals surface area contributed by atoms with Gasteiger partial charge in [-0.2, -0.15) is 9.37 Å². The molecule has 1 unspecified atom stereocenters. The van der Waals surface area contributed by atoms with Crippen LogP contribution in [0.25, 0.3) is 0 Å². The number of pyridine rings is 1. The molecule has 0 aliphatic carbocycles. The van der Waals surface area contributed by atoms with Gasteiger partial charge in [0, 0.05) is 19.2 Å². The maximum atomic E-state index is 13.5. The number of ether oxygens (including phenoxy) is 1. The van der Waals surface area contributed by atoms with E-state index in [2.05, 4.69) is 10.3 Å². The number of hydrogen-bond donors (Lipinski definition) is 1. The summed E-state index contributed by atoms with van der Waals surface area (Å²) in [6.45, 7) is 1.35. The van der Waals surface area contributed by atoms with Crippen molar-refractivity contribution >= 4 is 11.6 Å². The van der Waals surface area contributed by atoms with Crippen molar-refractivity contribution in [3.63, 3.8) is 0 Å². The van der Waals surface area contributed by atoms with Crippen molar-refractivity contribution in [2.75, 3.05) is 25.0 Å². The Hall–Kier alpha value is -2.54. The van der Waals surface area contributed by atoms with Crippen molar-refractivity contribution < 1.29 is 18.3 Å². The molecule has 1 N–H and O–H groups in total. The monoisotopic (exact) mass is 333 g/mol. The van der Waals surface area contributed by atoms with Crippen LogP contribution in [0.15, 0.2) is 42.5 Å². The second-order valence-electron chi connectivity index (χ2n) is 5.59. The zero-order valence-corrected chi connectivity index (χ0v) is 12.9.